The van der Waals surface area contributed by atoms with Crippen LogP contribution in [0.2, 0.25) is 0 Å². The van der Waals surface area contributed by atoms with Gasteiger partial charge in [0.1, 0.15) is 36.3 Å². The van der Waals surface area contributed by atoms with Crippen LogP contribution >= 0.6 is 31.9 Å². The fourth-order valence-electron chi connectivity index (χ4n) is 2.16. The standard InChI is InChI=1S/C21H21O3P.HI/c1-4-10-19(11-5-1)22-16-25(17-23-20-12-6-2-7-13-20)18-24-21-14-8-3-9-15-21;/h1-15H,16-18H2;1H. The van der Waals surface area contributed by atoms with Crippen LogP contribution in [0, 0.1) is 0 Å². The molecule has 0 fully saturated rings. The van der Waals surface area contributed by atoms with Gasteiger partial charge in [0.05, 0.1) is 0 Å². The fourth-order valence-corrected chi connectivity index (χ4v) is 3.38. The Labute approximate surface area is 173 Å². The van der Waals surface area contributed by atoms with Crippen molar-refractivity contribution in [3.8, 4) is 17.2 Å². The lowest BCUT2D eigenvalue weighted by Crippen LogP contribution is -2.09. The zero-order valence-corrected chi connectivity index (χ0v) is 17.6. The Morgan fingerprint density at radius 2 is 0.731 bits per heavy atom. The third kappa shape index (κ3) is 7.22. The van der Waals surface area contributed by atoms with E-state index in [4.69, 9.17) is 14.2 Å². The van der Waals surface area contributed by atoms with Gasteiger partial charge in [-0.05, 0) is 36.4 Å². The highest BCUT2D eigenvalue weighted by molar-refractivity contribution is 14.0. The second-order valence-corrected chi connectivity index (χ2v) is 7.55. The van der Waals surface area contributed by atoms with Crippen LogP contribution in [0.1, 0.15) is 0 Å². The minimum absolute atomic E-state index is 0. The quantitative estimate of drug-likeness (QED) is 0.270. The molecule has 0 aliphatic heterocycles. The van der Waals surface area contributed by atoms with Crippen LogP contribution in [0.4, 0.5) is 0 Å². The number of hydrogen-bond acceptors (Lipinski definition) is 3. The minimum Gasteiger partial charge on any atom is -0.489 e. The van der Waals surface area contributed by atoms with Gasteiger partial charge in [-0.1, -0.05) is 54.6 Å². The molecular formula is C21H22IO3P. The van der Waals surface area contributed by atoms with Crippen LogP contribution < -0.4 is 14.2 Å². The maximum atomic E-state index is 5.91. The SMILES string of the molecule is I.c1ccc(OCP(COc2ccccc2)COc2ccccc2)cc1. The molecule has 3 rings (SSSR count). The van der Waals surface area contributed by atoms with Gasteiger partial charge >= 0.3 is 0 Å². The summed E-state index contributed by atoms with van der Waals surface area (Å²) in [6.07, 6.45) is 1.79. The largest absolute Gasteiger partial charge is 0.489 e. The molecule has 0 saturated carbocycles. The summed E-state index contributed by atoms with van der Waals surface area (Å²) in [4.78, 5) is 0. The lowest BCUT2D eigenvalue weighted by molar-refractivity contribution is 0.341. The van der Waals surface area contributed by atoms with Crippen molar-refractivity contribution in [3.63, 3.8) is 0 Å². The molecule has 0 aromatic heterocycles. The Morgan fingerprint density at radius 3 is 1.00 bits per heavy atom. The van der Waals surface area contributed by atoms with Crippen molar-refractivity contribution in [2.75, 3.05) is 19.0 Å². The minimum atomic E-state index is -0.598. The molecule has 0 aliphatic rings. The molecule has 0 saturated heterocycles. The molecule has 3 nitrogen and oxygen atoms in total. The van der Waals surface area contributed by atoms with Gasteiger partial charge in [-0.2, -0.15) is 0 Å². The zero-order chi connectivity index (χ0) is 17.2. The van der Waals surface area contributed by atoms with E-state index < -0.39 is 7.92 Å². The third-order valence-corrected chi connectivity index (χ3v) is 4.95. The Morgan fingerprint density at radius 1 is 0.462 bits per heavy atom. The normalized spacial score (nSPS) is 10.0. The molecule has 0 N–H and O–H groups in total. The van der Waals surface area contributed by atoms with Gasteiger partial charge in [-0.3, -0.25) is 0 Å². The Kier molecular flexibility index (Phi) is 9.29. The van der Waals surface area contributed by atoms with E-state index in [1.807, 2.05) is 91.0 Å². The van der Waals surface area contributed by atoms with Gasteiger partial charge < -0.3 is 14.2 Å². The summed E-state index contributed by atoms with van der Waals surface area (Å²) < 4.78 is 17.7. The van der Waals surface area contributed by atoms with Gasteiger partial charge in [0, 0.05) is 7.92 Å². The molecule has 0 bridgehead atoms. The molecule has 0 atom stereocenters. The molecule has 26 heavy (non-hydrogen) atoms. The predicted molar refractivity (Wildman–Crippen MR) is 118 cm³/mol. The Bertz CT molecular complexity index is 623. The first-order chi connectivity index (χ1) is 12.4. The number of para-hydroxylation sites is 3. The van der Waals surface area contributed by atoms with E-state index in [0.29, 0.717) is 19.0 Å². The number of halogens is 1. The van der Waals surface area contributed by atoms with Crippen molar-refractivity contribution in [2.45, 2.75) is 0 Å². The van der Waals surface area contributed by atoms with Crippen molar-refractivity contribution in [1.29, 1.82) is 0 Å². The summed E-state index contributed by atoms with van der Waals surface area (Å²) in [5, 5.41) is 0. The van der Waals surface area contributed by atoms with Gasteiger partial charge in [0.25, 0.3) is 0 Å². The topological polar surface area (TPSA) is 27.7 Å². The van der Waals surface area contributed by atoms with Crippen LogP contribution in [0.15, 0.2) is 91.0 Å². The highest BCUT2D eigenvalue weighted by atomic mass is 127. The average Bonchev–Trinajstić information content (AvgIpc) is 2.70. The van der Waals surface area contributed by atoms with Crippen molar-refractivity contribution in [2.24, 2.45) is 0 Å². The highest BCUT2D eigenvalue weighted by Gasteiger charge is 2.12. The second kappa shape index (κ2) is 11.8. The summed E-state index contributed by atoms with van der Waals surface area (Å²) in [6, 6.07) is 29.5. The van der Waals surface area contributed by atoms with Gasteiger partial charge in [-0.25, -0.2) is 0 Å². The van der Waals surface area contributed by atoms with E-state index >= 15 is 0 Å². The van der Waals surface area contributed by atoms with E-state index in [1.54, 1.807) is 0 Å². The predicted octanol–water partition coefficient (Wildman–Crippen LogP) is 6.20. The average molecular weight is 480 g/mol. The summed E-state index contributed by atoms with van der Waals surface area (Å²) in [6.45, 7) is 0. The summed E-state index contributed by atoms with van der Waals surface area (Å²) >= 11 is 0. The lowest BCUT2D eigenvalue weighted by Gasteiger charge is -2.19. The van der Waals surface area contributed by atoms with Crippen molar-refractivity contribution in [1.82, 2.24) is 0 Å². The van der Waals surface area contributed by atoms with E-state index in [1.165, 1.54) is 0 Å². The fraction of sp³-hybridized carbons (Fsp3) is 0.143. The molecule has 3 aromatic rings. The number of benzene rings is 3. The van der Waals surface area contributed by atoms with Crippen molar-refractivity contribution < 1.29 is 14.2 Å². The number of ether oxygens (including phenoxy) is 3. The van der Waals surface area contributed by atoms with Gasteiger partial charge in [0.15, 0.2) is 0 Å². The zero-order valence-electron chi connectivity index (χ0n) is 14.4. The first kappa shape index (κ1) is 20.5. The monoisotopic (exact) mass is 480 g/mol. The molecule has 0 amide bonds. The van der Waals surface area contributed by atoms with E-state index in [2.05, 4.69) is 0 Å². The summed E-state index contributed by atoms with van der Waals surface area (Å²) in [5.41, 5.74) is 0. The number of rotatable bonds is 9. The van der Waals surface area contributed by atoms with E-state index in [9.17, 15) is 0 Å². The Balaban J connectivity index is 0.00000243. The third-order valence-electron chi connectivity index (χ3n) is 3.47. The molecule has 0 aliphatic carbocycles. The maximum absolute atomic E-state index is 5.91. The smallest absolute Gasteiger partial charge is 0.119 e. The number of hydrogen-bond donors (Lipinski definition) is 0. The molecule has 136 valence electrons. The first-order valence-electron chi connectivity index (χ1n) is 8.16. The maximum Gasteiger partial charge on any atom is 0.119 e. The van der Waals surface area contributed by atoms with Crippen LogP contribution in [0.3, 0.4) is 0 Å². The van der Waals surface area contributed by atoms with Crippen molar-refractivity contribution in [3.05, 3.63) is 91.0 Å². The van der Waals surface area contributed by atoms with Gasteiger partial charge in [-0.15, -0.1) is 24.0 Å². The first-order valence-corrected chi connectivity index (χ1v) is 10.1. The van der Waals surface area contributed by atoms with Crippen LogP contribution in [-0.4, -0.2) is 19.0 Å². The lowest BCUT2D eigenvalue weighted by atomic mass is 10.3. The summed E-state index contributed by atoms with van der Waals surface area (Å²) in [5.74, 6) is 2.61. The Hall–Kier alpha value is -1.78. The molecule has 5 heteroatoms. The molecule has 0 heterocycles. The van der Waals surface area contributed by atoms with Crippen molar-refractivity contribution >= 4 is 31.9 Å². The van der Waals surface area contributed by atoms with Crippen LogP contribution in [0.5, 0.6) is 17.2 Å². The molecule has 0 radical (unpaired) electrons. The van der Waals surface area contributed by atoms with Crippen LogP contribution in [-0.2, 0) is 0 Å². The second-order valence-electron chi connectivity index (χ2n) is 5.43. The van der Waals surface area contributed by atoms with Crippen LogP contribution in [0.25, 0.3) is 0 Å². The molecule has 0 unspecified atom stereocenters. The molecule has 3 aromatic carbocycles. The summed E-state index contributed by atoms with van der Waals surface area (Å²) in [7, 11) is -0.598. The molecular weight excluding hydrogens is 458 g/mol. The van der Waals surface area contributed by atoms with Gasteiger partial charge in [0.2, 0.25) is 0 Å². The van der Waals surface area contributed by atoms with E-state index in [0.717, 1.165) is 17.2 Å². The molecule has 0 spiro atoms. The van der Waals surface area contributed by atoms with E-state index in [-0.39, 0.29) is 24.0 Å². The highest BCUT2D eigenvalue weighted by Crippen LogP contribution is 2.36.